The van der Waals surface area contributed by atoms with Crippen LogP contribution in [-0.4, -0.2) is 63.0 Å². The molecule has 0 N–H and O–H groups in total. The van der Waals surface area contributed by atoms with E-state index in [0.29, 0.717) is 36.7 Å². The summed E-state index contributed by atoms with van der Waals surface area (Å²) in [5.74, 6) is 1.88. The van der Waals surface area contributed by atoms with Gasteiger partial charge < -0.3 is 9.64 Å². The lowest BCUT2D eigenvalue weighted by molar-refractivity contribution is -0.129. The highest BCUT2D eigenvalue weighted by Crippen LogP contribution is 2.37. The van der Waals surface area contributed by atoms with Crippen LogP contribution in [0.5, 0.6) is 0 Å². The largest absolute Gasteiger partial charge is 0.383 e. The molecule has 0 bridgehead atoms. The number of rotatable bonds is 8. The molecule has 2 aliphatic carbocycles. The van der Waals surface area contributed by atoms with Crippen LogP contribution in [0.2, 0.25) is 0 Å². The van der Waals surface area contributed by atoms with Crippen molar-refractivity contribution in [3.8, 4) is 0 Å². The van der Waals surface area contributed by atoms with E-state index in [1.807, 2.05) is 21.2 Å². The van der Waals surface area contributed by atoms with Crippen LogP contribution in [0.1, 0.15) is 69.2 Å². The van der Waals surface area contributed by atoms with Crippen LogP contribution in [0.3, 0.4) is 0 Å². The monoisotopic (exact) mass is 408 g/mol. The molecule has 0 spiro atoms. The standard InChI is InChI=1S/C20H32N4O3S/c1-27-12-11-23-20(26)24(16-8-9-16)19(21-23)15-5-4-10-22(13-15)18(25)14-28-17-6-2-3-7-17/h15-17H,2-14H2,1H3. The predicted octanol–water partition coefficient (Wildman–Crippen LogP) is 2.41. The van der Waals surface area contributed by atoms with Gasteiger partial charge in [-0.1, -0.05) is 12.8 Å². The average molecular weight is 409 g/mol. The number of nitrogens with zero attached hydrogens (tertiary/aromatic N) is 4. The van der Waals surface area contributed by atoms with Gasteiger partial charge in [0.1, 0.15) is 5.82 Å². The Balaban J connectivity index is 1.43. The molecule has 1 aromatic heterocycles. The molecule has 1 aliphatic heterocycles. The number of hydrogen-bond acceptors (Lipinski definition) is 5. The second kappa shape index (κ2) is 9.03. The fourth-order valence-electron chi connectivity index (χ4n) is 4.46. The first-order valence-electron chi connectivity index (χ1n) is 10.7. The average Bonchev–Trinajstić information content (AvgIpc) is 3.30. The normalized spacial score (nSPS) is 23.5. The van der Waals surface area contributed by atoms with E-state index in [1.165, 1.54) is 25.7 Å². The molecule has 2 saturated carbocycles. The number of carbonyl (C=O) groups is 1. The Bertz CT molecular complexity index is 736. The van der Waals surface area contributed by atoms with E-state index in [0.717, 1.165) is 38.1 Å². The molecular formula is C20H32N4O3S. The van der Waals surface area contributed by atoms with Crippen LogP contribution in [0, 0.1) is 0 Å². The van der Waals surface area contributed by atoms with Gasteiger partial charge in [-0.2, -0.15) is 5.10 Å². The first kappa shape index (κ1) is 20.0. The van der Waals surface area contributed by atoms with Crippen molar-refractivity contribution in [3.63, 3.8) is 0 Å². The molecule has 1 unspecified atom stereocenters. The molecule has 28 heavy (non-hydrogen) atoms. The highest BCUT2D eigenvalue weighted by molar-refractivity contribution is 8.00. The Kier molecular flexibility index (Phi) is 6.45. The predicted molar refractivity (Wildman–Crippen MR) is 110 cm³/mol. The summed E-state index contributed by atoms with van der Waals surface area (Å²) in [6.07, 6.45) is 9.21. The van der Waals surface area contributed by atoms with E-state index in [4.69, 9.17) is 4.74 Å². The molecule has 1 saturated heterocycles. The van der Waals surface area contributed by atoms with Crippen LogP contribution >= 0.6 is 11.8 Å². The Morgan fingerprint density at radius 2 is 1.96 bits per heavy atom. The van der Waals surface area contributed by atoms with E-state index < -0.39 is 0 Å². The minimum Gasteiger partial charge on any atom is -0.383 e. The highest BCUT2D eigenvalue weighted by atomic mass is 32.2. The zero-order valence-electron chi connectivity index (χ0n) is 16.8. The third-order valence-corrected chi connectivity index (χ3v) is 7.56. The number of ether oxygens (including phenoxy) is 1. The zero-order chi connectivity index (χ0) is 19.5. The summed E-state index contributed by atoms with van der Waals surface area (Å²) >= 11 is 1.84. The molecule has 3 aliphatic rings. The minimum absolute atomic E-state index is 0.0187. The molecule has 7 nitrogen and oxygen atoms in total. The molecule has 1 atom stereocenters. The first-order chi connectivity index (χ1) is 13.7. The summed E-state index contributed by atoms with van der Waals surface area (Å²) in [4.78, 5) is 27.6. The van der Waals surface area contributed by atoms with Crippen LogP contribution in [-0.2, 0) is 16.1 Å². The summed E-state index contributed by atoms with van der Waals surface area (Å²) in [7, 11) is 1.64. The number of carbonyl (C=O) groups excluding carboxylic acids is 1. The Morgan fingerprint density at radius 1 is 1.18 bits per heavy atom. The molecule has 156 valence electrons. The number of amides is 1. The summed E-state index contributed by atoms with van der Waals surface area (Å²) in [5, 5.41) is 5.35. The van der Waals surface area contributed by atoms with Crippen LogP contribution in [0.4, 0.5) is 0 Å². The first-order valence-corrected chi connectivity index (χ1v) is 11.8. The number of hydrogen-bond donors (Lipinski definition) is 0. The maximum absolute atomic E-state index is 12.8. The fraction of sp³-hybridized carbons (Fsp3) is 0.850. The fourth-order valence-corrected chi connectivity index (χ4v) is 5.69. The molecule has 0 radical (unpaired) electrons. The number of piperidine rings is 1. The molecule has 1 aromatic rings. The molecule has 1 amide bonds. The van der Waals surface area contributed by atoms with Gasteiger partial charge in [-0.25, -0.2) is 9.48 Å². The van der Waals surface area contributed by atoms with Crippen LogP contribution < -0.4 is 5.69 Å². The van der Waals surface area contributed by atoms with Gasteiger partial charge in [-0.15, -0.1) is 11.8 Å². The van der Waals surface area contributed by atoms with Gasteiger partial charge >= 0.3 is 5.69 Å². The minimum atomic E-state index is -0.0187. The maximum Gasteiger partial charge on any atom is 0.346 e. The Labute approximate surface area is 170 Å². The number of aromatic nitrogens is 3. The zero-order valence-corrected chi connectivity index (χ0v) is 17.7. The van der Waals surface area contributed by atoms with E-state index in [2.05, 4.69) is 5.10 Å². The van der Waals surface area contributed by atoms with Crippen LogP contribution in [0.15, 0.2) is 4.79 Å². The summed E-state index contributed by atoms with van der Waals surface area (Å²) in [6, 6.07) is 0.294. The van der Waals surface area contributed by atoms with Crippen molar-refractivity contribution in [3.05, 3.63) is 16.3 Å². The van der Waals surface area contributed by atoms with Crippen molar-refractivity contribution in [1.29, 1.82) is 0 Å². The number of thioether (sulfide) groups is 1. The van der Waals surface area contributed by atoms with Gasteiger partial charge in [-0.05, 0) is 38.5 Å². The van der Waals surface area contributed by atoms with Crippen molar-refractivity contribution in [1.82, 2.24) is 19.2 Å². The second-order valence-electron chi connectivity index (χ2n) is 8.35. The van der Waals surface area contributed by atoms with Gasteiger partial charge in [0.15, 0.2) is 0 Å². The van der Waals surface area contributed by atoms with Crippen molar-refractivity contribution in [2.45, 2.75) is 75.1 Å². The lowest BCUT2D eigenvalue weighted by Gasteiger charge is -2.32. The quantitative estimate of drug-likeness (QED) is 0.661. The van der Waals surface area contributed by atoms with Crippen molar-refractivity contribution in [2.75, 3.05) is 32.6 Å². The van der Waals surface area contributed by atoms with Crippen molar-refractivity contribution >= 4 is 17.7 Å². The Morgan fingerprint density at radius 3 is 2.68 bits per heavy atom. The SMILES string of the molecule is COCCn1nc(C2CCCN(C(=O)CSC3CCCC3)C2)n(C2CC2)c1=O. The molecular weight excluding hydrogens is 376 g/mol. The van der Waals surface area contributed by atoms with E-state index >= 15 is 0 Å². The highest BCUT2D eigenvalue weighted by Gasteiger charge is 2.35. The topological polar surface area (TPSA) is 69.4 Å². The van der Waals surface area contributed by atoms with E-state index in [1.54, 1.807) is 11.8 Å². The van der Waals surface area contributed by atoms with E-state index in [9.17, 15) is 9.59 Å². The maximum atomic E-state index is 12.8. The van der Waals surface area contributed by atoms with Crippen molar-refractivity contribution < 1.29 is 9.53 Å². The summed E-state index contributed by atoms with van der Waals surface area (Å²) in [5.41, 5.74) is -0.0187. The van der Waals surface area contributed by atoms with Gasteiger partial charge in [-0.3, -0.25) is 9.36 Å². The number of likely N-dealkylation sites (tertiary alicyclic amines) is 1. The molecule has 0 aromatic carbocycles. The third kappa shape index (κ3) is 4.48. The second-order valence-corrected chi connectivity index (χ2v) is 9.64. The molecule has 4 rings (SSSR count). The summed E-state index contributed by atoms with van der Waals surface area (Å²) < 4.78 is 8.58. The van der Waals surface area contributed by atoms with Gasteiger partial charge in [0, 0.05) is 37.4 Å². The van der Waals surface area contributed by atoms with Gasteiger partial charge in [0.2, 0.25) is 5.91 Å². The molecule has 2 heterocycles. The smallest absolute Gasteiger partial charge is 0.346 e. The lowest BCUT2D eigenvalue weighted by Crippen LogP contribution is -2.41. The lowest BCUT2D eigenvalue weighted by atomic mass is 9.97. The van der Waals surface area contributed by atoms with Gasteiger partial charge in [0.25, 0.3) is 0 Å². The van der Waals surface area contributed by atoms with Crippen LogP contribution in [0.25, 0.3) is 0 Å². The van der Waals surface area contributed by atoms with Crippen molar-refractivity contribution in [2.24, 2.45) is 0 Å². The van der Waals surface area contributed by atoms with Gasteiger partial charge in [0.05, 0.1) is 18.9 Å². The van der Waals surface area contributed by atoms with E-state index in [-0.39, 0.29) is 17.5 Å². The number of methoxy groups -OCH3 is 1. The molecule has 3 fully saturated rings. The third-order valence-electron chi connectivity index (χ3n) is 6.20. The molecule has 8 heteroatoms. The Hall–Kier alpha value is -1.28. The summed E-state index contributed by atoms with van der Waals surface area (Å²) in [6.45, 7) is 2.49.